The molecule has 1 heterocycles. The van der Waals surface area contributed by atoms with Crippen LogP contribution in [0.25, 0.3) is 0 Å². The second-order valence-corrected chi connectivity index (χ2v) is 5.79. The summed E-state index contributed by atoms with van der Waals surface area (Å²) >= 11 is 0. The molecule has 2 aromatic rings. The Morgan fingerprint density at radius 2 is 1.78 bits per heavy atom. The lowest BCUT2D eigenvalue weighted by Gasteiger charge is -2.19. The van der Waals surface area contributed by atoms with Crippen molar-refractivity contribution in [3.8, 4) is 0 Å². The fourth-order valence-corrected chi connectivity index (χ4v) is 1.98. The predicted octanol–water partition coefficient (Wildman–Crippen LogP) is 3.12. The number of hydrogen-bond donors (Lipinski definition) is 1. The van der Waals surface area contributed by atoms with Gasteiger partial charge >= 0.3 is 0 Å². The normalized spacial score (nSPS) is 11.8. The molecule has 0 amide bonds. The fourth-order valence-electron chi connectivity index (χ4n) is 1.98. The molecule has 1 aromatic heterocycles. The van der Waals surface area contributed by atoms with Crippen LogP contribution in [0.3, 0.4) is 0 Å². The summed E-state index contributed by atoms with van der Waals surface area (Å²) in [5.74, 6) is 0.576. The van der Waals surface area contributed by atoms with Gasteiger partial charge in [0, 0.05) is 5.69 Å². The van der Waals surface area contributed by atoms with Gasteiger partial charge in [0.15, 0.2) is 0 Å². The summed E-state index contributed by atoms with van der Waals surface area (Å²) < 4.78 is 2.02. The molecule has 0 atom stereocenters. The minimum absolute atomic E-state index is 0.197. The van der Waals surface area contributed by atoms with Gasteiger partial charge < -0.3 is 10.3 Å². The number of nitrogens with zero attached hydrogens (tertiary/aromatic N) is 2. The van der Waals surface area contributed by atoms with Gasteiger partial charge in [-0.3, -0.25) is 0 Å². The van der Waals surface area contributed by atoms with E-state index in [0.29, 0.717) is 5.95 Å². The number of hydrogen-bond acceptors (Lipinski definition) is 2. The molecular weight excluding hydrogens is 222 g/mol. The van der Waals surface area contributed by atoms with E-state index in [1.54, 1.807) is 6.20 Å². The summed E-state index contributed by atoms with van der Waals surface area (Å²) in [7, 11) is 0. The van der Waals surface area contributed by atoms with Crippen molar-refractivity contribution >= 4 is 5.95 Å². The number of nitrogens with two attached hydrogens (primary N) is 1. The first-order chi connectivity index (χ1) is 8.38. The third-order valence-corrected chi connectivity index (χ3v) is 3.25. The van der Waals surface area contributed by atoms with Crippen LogP contribution in [0.1, 0.15) is 37.6 Å². The molecule has 2 rings (SSSR count). The SMILES string of the molecule is Cc1cnc(N)n1Cc1ccc(C(C)(C)C)cc1. The highest BCUT2D eigenvalue weighted by Gasteiger charge is 2.13. The maximum atomic E-state index is 5.84. The molecule has 0 aliphatic heterocycles. The Hall–Kier alpha value is -1.77. The summed E-state index contributed by atoms with van der Waals surface area (Å²) in [5, 5.41) is 0. The Bertz CT molecular complexity index is 510. The molecule has 0 spiro atoms. The highest BCUT2D eigenvalue weighted by molar-refractivity contribution is 5.30. The molecule has 0 bridgehead atoms. The highest BCUT2D eigenvalue weighted by atomic mass is 15.1. The molecule has 3 heteroatoms. The minimum atomic E-state index is 0.197. The largest absolute Gasteiger partial charge is 0.369 e. The van der Waals surface area contributed by atoms with Crippen LogP contribution in [0, 0.1) is 6.92 Å². The van der Waals surface area contributed by atoms with Crippen molar-refractivity contribution in [2.24, 2.45) is 0 Å². The predicted molar refractivity (Wildman–Crippen MR) is 75.6 cm³/mol. The average Bonchev–Trinajstić information content (AvgIpc) is 2.60. The Morgan fingerprint density at radius 1 is 1.17 bits per heavy atom. The van der Waals surface area contributed by atoms with Crippen molar-refractivity contribution in [1.82, 2.24) is 9.55 Å². The molecule has 3 nitrogen and oxygen atoms in total. The van der Waals surface area contributed by atoms with E-state index in [4.69, 9.17) is 5.73 Å². The smallest absolute Gasteiger partial charge is 0.200 e. The number of aryl methyl sites for hydroxylation is 1. The zero-order valence-corrected chi connectivity index (χ0v) is 11.6. The van der Waals surface area contributed by atoms with E-state index in [0.717, 1.165) is 12.2 Å². The van der Waals surface area contributed by atoms with Crippen molar-refractivity contribution < 1.29 is 0 Å². The van der Waals surface area contributed by atoms with Gasteiger partial charge in [-0.2, -0.15) is 0 Å². The Balaban J connectivity index is 2.21. The number of benzene rings is 1. The first kappa shape index (κ1) is 12.7. The maximum absolute atomic E-state index is 5.84. The van der Waals surface area contributed by atoms with Crippen LogP contribution < -0.4 is 5.73 Å². The van der Waals surface area contributed by atoms with Gasteiger partial charge in [-0.15, -0.1) is 0 Å². The van der Waals surface area contributed by atoms with Gasteiger partial charge in [-0.1, -0.05) is 45.0 Å². The molecule has 0 radical (unpaired) electrons. The molecule has 18 heavy (non-hydrogen) atoms. The molecule has 96 valence electrons. The summed E-state index contributed by atoms with van der Waals surface area (Å²) in [5.41, 5.74) is 9.72. The molecule has 0 saturated carbocycles. The standard InChI is InChI=1S/C15H21N3/c1-11-9-17-14(16)18(11)10-12-5-7-13(8-6-12)15(2,3)4/h5-9H,10H2,1-4H3,(H2,16,17). The monoisotopic (exact) mass is 243 g/mol. The van der Waals surface area contributed by atoms with Gasteiger partial charge in [0.1, 0.15) is 0 Å². The van der Waals surface area contributed by atoms with E-state index in [2.05, 4.69) is 50.0 Å². The molecular formula is C15H21N3. The second-order valence-electron chi connectivity index (χ2n) is 5.79. The van der Waals surface area contributed by atoms with E-state index < -0.39 is 0 Å². The minimum Gasteiger partial charge on any atom is -0.369 e. The Kier molecular flexibility index (Phi) is 3.16. The molecule has 2 N–H and O–H groups in total. The maximum Gasteiger partial charge on any atom is 0.200 e. The lowest BCUT2D eigenvalue weighted by atomic mass is 9.87. The van der Waals surface area contributed by atoms with Gasteiger partial charge in [0.25, 0.3) is 0 Å². The Labute approximate surface area is 109 Å². The fraction of sp³-hybridized carbons (Fsp3) is 0.400. The van der Waals surface area contributed by atoms with E-state index in [-0.39, 0.29) is 5.41 Å². The summed E-state index contributed by atoms with van der Waals surface area (Å²) in [6.07, 6.45) is 1.80. The molecule has 0 saturated heterocycles. The van der Waals surface area contributed by atoms with Crippen LogP contribution in [0.5, 0.6) is 0 Å². The van der Waals surface area contributed by atoms with E-state index in [1.807, 2.05) is 11.5 Å². The quantitative estimate of drug-likeness (QED) is 0.880. The molecule has 0 fully saturated rings. The molecule has 0 aliphatic rings. The van der Waals surface area contributed by atoms with E-state index in [9.17, 15) is 0 Å². The number of imidazole rings is 1. The van der Waals surface area contributed by atoms with Gasteiger partial charge in [-0.25, -0.2) is 4.98 Å². The van der Waals surface area contributed by atoms with E-state index in [1.165, 1.54) is 11.1 Å². The van der Waals surface area contributed by atoms with Crippen LogP contribution in [-0.2, 0) is 12.0 Å². The lowest BCUT2D eigenvalue weighted by molar-refractivity contribution is 0.589. The van der Waals surface area contributed by atoms with Gasteiger partial charge in [0.2, 0.25) is 5.95 Å². The van der Waals surface area contributed by atoms with Crippen LogP contribution in [-0.4, -0.2) is 9.55 Å². The lowest BCUT2D eigenvalue weighted by Crippen LogP contribution is -2.11. The zero-order chi connectivity index (χ0) is 13.3. The zero-order valence-electron chi connectivity index (χ0n) is 11.6. The van der Waals surface area contributed by atoms with Crippen molar-refractivity contribution in [2.45, 2.75) is 39.7 Å². The van der Waals surface area contributed by atoms with Gasteiger partial charge in [-0.05, 0) is 23.5 Å². The first-order valence-corrected chi connectivity index (χ1v) is 6.25. The van der Waals surface area contributed by atoms with Gasteiger partial charge in [0.05, 0.1) is 12.7 Å². The average molecular weight is 243 g/mol. The third-order valence-electron chi connectivity index (χ3n) is 3.25. The molecule has 1 aromatic carbocycles. The topological polar surface area (TPSA) is 43.8 Å². The third kappa shape index (κ3) is 2.55. The van der Waals surface area contributed by atoms with Crippen molar-refractivity contribution in [3.63, 3.8) is 0 Å². The summed E-state index contributed by atoms with van der Waals surface area (Å²) in [4.78, 5) is 4.11. The number of rotatable bonds is 2. The number of anilines is 1. The number of aromatic nitrogens is 2. The van der Waals surface area contributed by atoms with Crippen LogP contribution >= 0.6 is 0 Å². The van der Waals surface area contributed by atoms with Crippen LogP contribution in [0.2, 0.25) is 0 Å². The molecule has 0 aliphatic carbocycles. The van der Waals surface area contributed by atoms with Crippen LogP contribution in [0.15, 0.2) is 30.5 Å². The van der Waals surface area contributed by atoms with Crippen LogP contribution in [0.4, 0.5) is 5.95 Å². The first-order valence-electron chi connectivity index (χ1n) is 6.25. The van der Waals surface area contributed by atoms with Crippen molar-refractivity contribution in [3.05, 3.63) is 47.3 Å². The highest BCUT2D eigenvalue weighted by Crippen LogP contribution is 2.22. The second kappa shape index (κ2) is 4.48. The van der Waals surface area contributed by atoms with Crippen molar-refractivity contribution in [1.29, 1.82) is 0 Å². The molecule has 0 unspecified atom stereocenters. The number of nitrogen functional groups attached to an aromatic ring is 1. The summed E-state index contributed by atoms with van der Waals surface area (Å²) in [6, 6.07) is 8.72. The Morgan fingerprint density at radius 3 is 2.22 bits per heavy atom. The van der Waals surface area contributed by atoms with E-state index >= 15 is 0 Å². The van der Waals surface area contributed by atoms with Crippen molar-refractivity contribution in [2.75, 3.05) is 5.73 Å². The summed E-state index contributed by atoms with van der Waals surface area (Å²) in [6.45, 7) is 9.47.